The minimum absolute atomic E-state index is 0.0533. The molecule has 0 N–H and O–H groups in total. The zero-order chi connectivity index (χ0) is 18.8. The van der Waals surface area contributed by atoms with Crippen LogP contribution in [0.15, 0.2) is 45.9 Å². The van der Waals surface area contributed by atoms with E-state index >= 15 is 0 Å². The maximum absolute atomic E-state index is 12.0. The van der Waals surface area contributed by atoms with Crippen LogP contribution in [0.2, 0.25) is 0 Å². The number of carbonyl (C=O) groups excluding carboxylic acids is 1. The highest BCUT2D eigenvalue weighted by atomic mass is 32.2. The van der Waals surface area contributed by atoms with Crippen LogP contribution in [0, 0.1) is 0 Å². The second kappa shape index (κ2) is 7.01. The SMILES string of the molecule is CN(C)S(=O)(=O)c1ccc(C(=O)OCc2ccc(C(C)(C)C)cc2)o1. The molecule has 0 saturated carbocycles. The average molecular weight is 365 g/mol. The monoisotopic (exact) mass is 365 g/mol. The highest BCUT2D eigenvalue weighted by Gasteiger charge is 2.24. The Morgan fingerprint density at radius 1 is 1.08 bits per heavy atom. The number of ether oxygens (including phenoxy) is 1. The van der Waals surface area contributed by atoms with Gasteiger partial charge in [-0.15, -0.1) is 0 Å². The van der Waals surface area contributed by atoms with Crippen molar-refractivity contribution in [3.05, 3.63) is 53.3 Å². The summed E-state index contributed by atoms with van der Waals surface area (Å²) < 4.78 is 35.2. The molecular formula is C18H23NO5S. The molecule has 0 spiro atoms. The molecule has 0 radical (unpaired) electrons. The number of nitrogens with zero attached hydrogens (tertiary/aromatic N) is 1. The van der Waals surface area contributed by atoms with Crippen LogP contribution >= 0.6 is 0 Å². The van der Waals surface area contributed by atoms with E-state index < -0.39 is 16.0 Å². The van der Waals surface area contributed by atoms with Crippen LogP contribution in [0.3, 0.4) is 0 Å². The van der Waals surface area contributed by atoms with Crippen molar-refractivity contribution in [3.63, 3.8) is 0 Å². The topological polar surface area (TPSA) is 76.8 Å². The number of carbonyl (C=O) groups is 1. The fraction of sp³-hybridized carbons (Fsp3) is 0.389. The molecule has 6 nitrogen and oxygen atoms in total. The Labute approximate surface area is 148 Å². The van der Waals surface area contributed by atoms with Crippen molar-refractivity contribution in [1.29, 1.82) is 0 Å². The van der Waals surface area contributed by atoms with Gasteiger partial charge in [0.25, 0.3) is 10.0 Å². The minimum Gasteiger partial charge on any atom is -0.455 e. The first-order valence-corrected chi connectivity index (χ1v) is 9.25. The van der Waals surface area contributed by atoms with Crippen molar-refractivity contribution >= 4 is 16.0 Å². The fourth-order valence-electron chi connectivity index (χ4n) is 2.07. The molecule has 1 aromatic heterocycles. The quantitative estimate of drug-likeness (QED) is 0.761. The molecule has 1 heterocycles. The summed E-state index contributed by atoms with van der Waals surface area (Å²) in [4.78, 5) is 12.0. The smallest absolute Gasteiger partial charge is 0.374 e. The summed E-state index contributed by atoms with van der Waals surface area (Å²) in [7, 11) is -0.945. The molecule has 1 aromatic carbocycles. The van der Waals surface area contributed by atoms with E-state index in [1.54, 1.807) is 0 Å². The van der Waals surface area contributed by atoms with Gasteiger partial charge in [0, 0.05) is 14.1 Å². The van der Waals surface area contributed by atoms with Crippen LogP contribution in [0.25, 0.3) is 0 Å². The molecule has 0 unspecified atom stereocenters. The van der Waals surface area contributed by atoms with Gasteiger partial charge in [-0.2, -0.15) is 0 Å². The number of rotatable bonds is 5. The van der Waals surface area contributed by atoms with Gasteiger partial charge < -0.3 is 9.15 Å². The Morgan fingerprint density at radius 2 is 1.68 bits per heavy atom. The molecule has 7 heteroatoms. The Morgan fingerprint density at radius 3 is 2.20 bits per heavy atom. The molecular weight excluding hydrogens is 342 g/mol. The highest BCUT2D eigenvalue weighted by Crippen LogP contribution is 2.22. The van der Waals surface area contributed by atoms with Crippen LogP contribution in [-0.2, 0) is 26.8 Å². The molecule has 0 amide bonds. The zero-order valence-corrected chi connectivity index (χ0v) is 15.9. The molecule has 136 valence electrons. The van der Waals surface area contributed by atoms with Gasteiger partial charge in [0.15, 0.2) is 0 Å². The van der Waals surface area contributed by atoms with Crippen molar-refractivity contribution in [2.45, 2.75) is 37.9 Å². The van der Waals surface area contributed by atoms with E-state index in [0.717, 1.165) is 9.87 Å². The molecule has 2 aromatic rings. The van der Waals surface area contributed by atoms with Crippen LogP contribution in [-0.4, -0.2) is 32.8 Å². The van der Waals surface area contributed by atoms with E-state index in [4.69, 9.17) is 9.15 Å². The number of sulfonamides is 1. The summed E-state index contributed by atoms with van der Waals surface area (Å²) in [6.45, 7) is 6.45. The number of benzene rings is 1. The van der Waals surface area contributed by atoms with Gasteiger partial charge in [0.2, 0.25) is 10.9 Å². The summed E-state index contributed by atoms with van der Waals surface area (Å²) in [5, 5.41) is -0.293. The maximum Gasteiger partial charge on any atom is 0.374 e. The van der Waals surface area contributed by atoms with Gasteiger partial charge in [-0.05, 0) is 28.7 Å². The largest absolute Gasteiger partial charge is 0.455 e. The summed E-state index contributed by atoms with van der Waals surface area (Å²) in [6, 6.07) is 10.3. The number of esters is 1. The molecule has 0 aliphatic heterocycles. The van der Waals surface area contributed by atoms with E-state index in [9.17, 15) is 13.2 Å². The van der Waals surface area contributed by atoms with Crippen molar-refractivity contribution in [2.24, 2.45) is 0 Å². The van der Waals surface area contributed by atoms with Crippen LogP contribution in [0.4, 0.5) is 0 Å². The highest BCUT2D eigenvalue weighted by molar-refractivity contribution is 7.88. The summed E-state index contributed by atoms with van der Waals surface area (Å²) in [5.41, 5.74) is 2.08. The van der Waals surface area contributed by atoms with Gasteiger partial charge in [-0.1, -0.05) is 45.0 Å². The van der Waals surface area contributed by atoms with Crippen molar-refractivity contribution in [1.82, 2.24) is 4.31 Å². The van der Waals surface area contributed by atoms with Crippen molar-refractivity contribution in [3.8, 4) is 0 Å². The number of furan rings is 1. The van der Waals surface area contributed by atoms with Crippen LogP contribution < -0.4 is 0 Å². The zero-order valence-electron chi connectivity index (χ0n) is 15.1. The Balaban J connectivity index is 2.03. The standard InChI is InChI=1S/C18H23NO5S/c1-18(2,3)14-8-6-13(7-9-14)12-23-17(20)15-10-11-16(24-15)25(21,22)19(4)5/h6-11H,12H2,1-5H3. The lowest BCUT2D eigenvalue weighted by Crippen LogP contribution is -2.21. The Kier molecular flexibility index (Phi) is 5.39. The van der Waals surface area contributed by atoms with E-state index in [-0.39, 0.29) is 22.9 Å². The number of hydrogen-bond donors (Lipinski definition) is 0. The molecule has 0 atom stereocenters. The third-order valence-corrected chi connectivity index (χ3v) is 5.40. The van der Waals surface area contributed by atoms with Gasteiger partial charge >= 0.3 is 5.97 Å². The molecule has 0 fully saturated rings. The van der Waals surface area contributed by atoms with Gasteiger partial charge in [0.05, 0.1) is 0 Å². The first-order valence-electron chi connectivity index (χ1n) is 7.81. The number of hydrogen-bond acceptors (Lipinski definition) is 5. The molecule has 0 aliphatic rings. The third kappa shape index (κ3) is 4.49. The minimum atomic E-state index is -3.72. The van der Waals surface area contributed by atoms with Gasteiger partial charge in [-0.25, -0.2) is 17.5 Å². The molecule has 2 rings (SSSR count). The second-order valence-corrected chi connectivity index (χ2v) is 9.01. The second-order valence-electron chi connectivity index (χ2n) is 6.93. The normalized spacial score (nSPS) is 12.4. The van der Waals surface area contributed by atoms with Crippen molar-refractivity contribution < 1.29 is 22.4 Å². The van der Waals surface area contributed by atoms with E-state index in [1.165, 1.54) is 31.8 Å². The first-order chi connectivity index (χ1) is 11.5. The van der Waals surface area contributed by atoms with Gasteiger partial charge in [0.1, 0.15) is 6.61 Å². The molecule has 25 heavy (non-hydrogen) atoms. The summed E-state index contributed by atoms with van der Waals surface area (Å²) >= 11 is 0. The van der Waals surface area contributed by atoms with Gasteiger partial charge in [-0.3, -0.25) is 0 Å². The molecule has 0 aliphatic carbocycles. The third-order valence-electron chi connectivity index (χ3n) is 3.71. The summed E-state index contributed by atoms with van der Waals surface area (Å²) in [6.07, 6.45) is 0. The molecule has 0 bridgehead atoms. The molecule has 0 saturated heterocycles. The average Bonchev–Trinajstić information content (AvgIpc) is 3.02. The van der Waals surface area contributed by atoms with Crippen molar-refractivity contribution in [2.75, 3.05) is 14.1 Å². The van der Waals surface area contributed by atoms with Crippen LogP contribution in [0.5, 0.6) is 0 Å². The summed E-state index contributed by atoms with van der Waals surface area (Å²) in [5.74, 6) is -0.855. The van der Waals surface area contributed by atoms with E-state index in [2.05, 4.69) is 20.8 Å². The van der Waals surface area contributed by atoms with E-state index in [0.29, 0.717) is 0 Å². The van der Waals surface area contributed by atoms with Crippen LogP contribution in [0.1, 0.15) is 42.5 Å². The first kappa shape index (κ1) is 19.2. The lowest BCUT2D eigenvalue weighted by atomic mass is 9.87. The maximum atomic E-state index is 12.0. The lowest BCUT2D eigenvalue weighted by Gasteiger charge is -2.19. The Bertz CT molecular complexity index is 842. The Hall–Kier alpha value is -2.12. The van der Waals surface area contributed by atoms with E-state index in [1.807, 2.05) is 24.3 Å². The predicted octanol–water partition coefficient (Wildman–Crippen LogP) is 3.18. The lowest BCUT2D eigenvalue weighted by molar-refractivity contribution is 0.0430. The predicted molar refractivity (Wildman–Crippen MR) is 93.8 cm³/mol. The fourth-order valence-corrected chi connectivity index (χ4v) is 2.86.